The molecular weight excluding hydrogens is 416 g/mol. The number of halogens is 1. The molecule has 0 amide bonds. The van der Waals surface area contributed by atoms with Crippen LogP contribution < -0.4 is 16.2 Å². The second-order valence-corrected chi connectivity index (χ2v) is 9.51. The normalized spacial score (nSPS) is 11.7. The molecule has 2 aromatic heterocycles. The summed E-state index contributed by atoms with van der Waals surface area (Å²) in [5, 5.41) is 3.40. The number of rotatable bonds is 4. The molecule has 0 saturated heterocycles. The summed E-state index contributed by atoms with van der Waals surface area (Å²) in [7, 11) is 1.96. The third-order valence-corrected chi connectivity index (χ3v) is 6.27. The second kappa shape index (κ2) is 7.83. The van der Waals surface area contributed by atoms with Crippen molar-refractivity contribution in [3.8, 4) is 10.6 Å². The maximum atomic E-state index is 6.14. The molecule has 2 aromatic carbocycles. The average Bonchev–Trinajstić information content (AvgIpc) is 3.22. The minimum Gasteiger partial charge on any atom is -0.319 e. The van der Waals surface area contributed by atoms with Crippen molar-refractivity contribution in [1.29, 1.82) is 0 Å². The number of thiazole rings is 1. The summed E-state index contributed by atoms with van der Waals surface area (Å²) in [5.74, 6) is 6.63. The molecule has 4 aromatic rings. The standard InChI is InChI=1S/C22H23ClN6S/c1-22(2,3)14-7-5-13(6-8-14)20-25-12-18(30-20)29(4)19-16-10-9-15(23)11-17(16)26-21(27-19)28-24/h5-12H,24H2,1-4H3,(H,26,27,28). The Labute approximate surface area is 184 Å². The van der Waals surface area contributed by atoms with Crippen molar-refractivity contribution >= 4 is 50.6 Å². The molecule has 0 aliphatic carbocycles. The molecule has 0 fully saturated rings. The smallest absolute Gasteiger partial charge is 0.239 e. The predicted molar refractivity (Wildman–Crippen MR) is 127 cm³/mol. The molecule has 0 aliphatic rings. The summed E-state index contributed by atoms with van der Waals surface area (Å²) >= 11 is 7.74. The third kappa shape index (κ3) is 3.96. The molecule has 154 valence electrons. The maximum Gasteiger partial charge on any atom is 0.239 e. The van der Waals surface area contributed by atoms with Crippen LogP contribution in [0.4, 0.5) is 16.8 Å². The van der Waals surface area contributed by atoms with E-state index in [0.717, 1.165) is 32.3 Å². The molecular formula is C22H23ClN6S. The van der Waals surface area contributed by atoms with E-state index in [2.05, 4.69) is 65.4 Å². The Morgan fingerprint density at radius 1 is 1.07 bits per heavy atom. The molecule has 4 rings (SSSR count). The number of nitrogen functional groups attached to an aromatic ring is 1. The van der Waals surface area contributed by atoms with Crippen LogP contribution in [0.1, 0.15) is 26.3 Å². The fourth-order valence-corrected chi connectivity index (χ4v) is 4.23. The quantitative estimate of drug-likeness (QED) is 0.311. The van der Waals surface area contributed by atoms with Gasteiger partial charge in [0.2, 0.25) is 5.95 Å². The van der Waals surface area contributed by atoms with E-state index in [4.69, 9.17) is 17.4 Å². The van der Waals surface area contributed by atoms with Crippen molar-refractivity contribution in [3.63, 3.8) is 0 Å². The molecule has 2 heterocycles. The summed E-state index contributed by atoms with van der Waals surface area (Å²) in [6, 6.07) is 14.1. The largest absolute Gasteiger partial charge is 0.319 e. The molecule has 0 spiro atoms. The van der Waals surface area contributed by atoms with Gasteiger partial charge in [-0.3, -0.25) is 5.43 Å². The zero-order valence-electron chi connectivity index (χ0n) is 17.3. The molecule has 0 atom stereocenters. The SMILES string of the molecule is CN(c1cnc(-c2ccc(C(C)(C)C)cc2)s1)c1nc(NN)nc2cc(Cl)ccc12. The van der Waals surface area contributed by atoms with Gasteiger partial charge in [0.25, 0.3) is 0 Å². The Morgan fingerprint density at radius 3 is 2.47 bits per heavy atom. The molecule has 0 saturated carbocycles. The minimum absolute atomic E-state index is 0.124. The van der Waals surface area contributed by atoms with Crippen LogP contribution >= 0.6 is 22.9 Å². The number of hydrogen-bond donors (Lipinski definition) is 2. The number of hydrogen-bond acceptors (Lipinski definition) is 7. The van der Waals surface area contributed by atoms with Crippen molar-refractivity contribution < 1.29 is 0 Å². The van der Waals surface area contributed by atoms with Gasteiger partial charge in [0.05, 0.1) is 11.7 Å². The Kier molecular flexibility index (Phi) is 5.36. The topological polar surface area (TPSA) is 80.0 Å². The van der Waals surface area contributed by atoms with Gasteiger partial charge in [0.15, 0.2) is 0 Å². The first-order valence-electron chi connectivity index (χ1n) is 9.50. The Balaban J connectivity index is 1.70. The zero-order chi connectivity index (χ0) is 21.5. The highest BCUT2D eigenvalue weighted by Gasteiger charge is 2.17. The van der Waals surface area contributed by atoms with Gasteiger partial charge in [0, 0.05) is 23.0 Å². The summed E-state index contributed by atoms with van der Waals surface area (Å²) < 4.78 is 0. The highest BCUT2D eigenvalue weighted by molar-refractivity contribution is 7.19. The fraction of sp³-hybridized carbons (Fsp3) is 0.227. The molecule has 8 heteroatoms. The van der Waals surface area contributed by atoms with Crippen LogP contribution in [-0.4, -0.2) is 22.0 Å². The number of benzene rings is 2. The Hall–Kier alpha value is -2.74. The van der Waals surface area contributed by atoms with E-state index < -0.39 is 0 Å². The lowest BCUT2D eigenvalue weighted by Gasteiger charge is -2.19. The number of nitrogens with two attached hydrogens (primary N) is 1. The predicted octanol–water partition coefficient (Wildman–Crippen LogP) is 5.76. The molecule has 30 heavy (non-hydrogen) atoms. The highest BCUT2D eigenvalue weighted by atomic mass is 35.5. The highest BCUT2D eigenvalue weighted by Crippen LogP contribution is 2.37. The Morgan fingerprint density at radius 2 is 1.80 bits per heavy atom. The lowest BCUT2D eigenvalue weighted by Crippen LogP contribution is -2.15. The minimum atomic E-state index is 0.124. The molecule has 0 bridgehead atoms. The van der Waals surface area contributed by atoms with Crippen LogP contribution in [-0.2, 0) is 5.41 Å². The van der Waals surface area contributed by atoms with E-state index in [1.165, 1.54) is 5.56 Å². The van der Waals surface area contributed by atoms with Crippen LogP contribution in [0.25, 0.3) is 21.5 Å². The molecule has 0 aliphatic heterocycles. The van der Waals surface area contributed by atoms with Gasteiger partial charge >= 0.3 is 0 Å². The van der Waals surface area contributed by atoms with E-state index in [0.29, 0.717) is 11.0 Å². The van der Waals surface area contributed by atoms with Gasteiger partial charge in [-0.25, -0.2) is 15.8 Å². The number of fused-ring (bicyclic) bond motifs is 1. The van der Waals surface area contributed by atoms with E-state index >= 15 is 0 Å². The van der Waals surface area contributed by atoms with Crippen LogP contribution in [0.5, 0.6) is 0 Å². The third-order valence-electron chi connectivity index (χ3n) is 4.91. The van der Waals surface area contributed by atoms with Gasteiger partial charge in [-0.15, -0.1) is 0 Å². The first-order chi connectivity index (χ1) is 14.3. The van der Waals surface area contributed by atoms with Crippen LogP contribution in [0.2, 0.25) is 5.02 Å². The summed E-state index contributed by atoms with van der Waals surface area (Å²) in [6.07, 6.45) is 1.86. The van der Waals surface area contributed by atoms with Crippen molar-refractivity contribution in [3.05, 3.63) is 59.2 Å². The van der Waals surface area contributed by atoms with E-state index in [1.54, 1.807) is 17.4 Å². The summed E-state index contributed by atoms with van der Waals surface area (Å²) in [5.41, 5.74) is 5.76. The molecule has 0 radical (unpaired) electrons. The lowest BCUT2D eigenvalue weighted by molar-refractivity contribution is 0.590. The monoisotopic (exact) mass is 438 g/mol. The van der Waals surface area contributed by atoms with Gasteiger partial charge in [0.1, 0.15) is 15.8 Å². The van der Waals surface area contributed by atoms with Crippen molar-refractivity contribution in [1.82, 2.24) is 15.0 Å². The van der Waals surface area contributed by atoms with Crippen molar-refractivity contribution in [2.75, 3.05) is 17.4 Å². The van der Waals surface area contributed by atoms with E-state index in [9.17, 15) is 0 Å². The summed E-state index contributed by atoms with van der Waals surface area (Å²) in [4.78, 5) is 15.6. The molecule has 3 N–H and O–H groups in total. The molecule has 0 unspecified atom stereocenters. The van der Waals surface area contributed by atoms with Gasteiger partial charge in [-0.2, -0.15) is 4.98 Å². The number of hydrazine groups is 1. The Bertz CT molecular complexity index is 1200. The van der Waals surface area contributed by atoms with Crippen molar-refractivity contribution in [2.24, 2.45) is 5.84 Å². The second-order valence-electron chi connectivity index (χ2n) is 8.07. The van der Waals surface area contributed by atoms with Gasteiger partial charge in [-0.05, 0) is 29.2 Å². The number of aromatic nitrogens is 3. The maximum absolute atomic E-state index is 6.14. The first kappa shape index (κ1) is 20.5. The van der Waals surface area contributed by atoms with E-state index in [-0.39, 0.29) is 5.41 Å². The summed E-state index contributed by atoms with van der Waals surface area (Å²) in [6.45, 7) is 6.63. The molecule has 6 nitrogen and oxygen atoms in total. The van der Waals surface area contributed by atoms with Crippen LogP contribution in [0.15, 0.2) is 48.7 Å². The van der Waals surface area contributed by atoms with Crippen LogP contribution in [0, 0.1) is 0 Å². The zero-order valence-corrected chi connectivity index (χ0v) is 18.8. The lowest BCUT2D eigenvalue weighted by atomic mass is 9.87. The number of nitrogens with one attached hydrogen (secondary N) is 1. The average molecular weight is 439 g/mol. The first-order valence-corrected chi connectivity index (χ1v) is 10.7. The number of anilines is 3. The van der Waals surface area contributed by atoms with Gasteiger partial charge in [-0.1, -0.05) is 68.0 Å². The van der Waals surface area contributed by atoms with E-state index in [1.807, 2.05) is 30.3 Å². The fourth-order valence-electron chi connectivity index (χ4n) is 3.18. The van der Waals surface area contributed by atoms with Gasteiger partial charge < -0.3 is 4.90 Å². The van der Waals surface area contributed by atoms with Crippen molar-refractivity contribution in [2.45, 2.75) is 26.2 Å². The number of nitrogens with zero attached hydrogens (tertiary/aromatic N) is 4. The van der Waals surface area contributed by atoms with Crippen LogP contribution in [0.3, 0.4) is 0 Å².